The number of hydrogen-bond donors (Lipinski definition) is 2. The summed E-state index contributed by atoms with van der Waals surface area (Å²) in [6.45, 7) is 1.77. The lowest BCUT2D eigenvalue weighted by Crippen LogP contribution is -2.12. The summed E-state index contributed by atoms with van der Waals surface area (Å²) < 4.78 is 4.90. The van der Waals surface area contributed by atoms with Crippen LogP contribution in [0.4, 0.5) is 5.82 Å². The molecule has 3 aromatic rings. The van der Waals surface area contributed by atoms with E-state index in [1.807, 2.05) is 24.4 Å². The number of nitrogens with one attached hydrogen (secondary N) is 2. The highest BCUT2D eigenvalue weighted by molar-refractivity contribution is 6.11. The standard InChI is InChI=1S/C13H11N3O2/c1-8-7-11(16-18-8)15-13(17)10-4-2-3-9-5-6-14-12(9)10/h2-7,14H,1H3,(H,15,16,17). The Hall–Kier alpha value is -2.56. The number of aryl methyl sites for hydroxylation is 1. The van der Waals surface area contributed by atoms with Crippen LogP contribution in [-0.2, 0) is 0 Å². The van der Waals surface area contributed by atoms with Crippen molar-refractivity contribution in [3.05, 3.63) is 47.9 Å². The number of aromatic amines is 1. The van der Waals surface area contributed by atoms with Gasteiger partial charge in [-0.15, -0.1) is 0 Å². The monoisotopic (exact) mass is 241 g/mol. The number of amides is 1. The maximum absolute atomic E-state index is 12.1. The minimum Gasteiger partial charge on any atom is -0.361 e. The molecule has 2 N–H and O–H groups in total. The number of benzene rings is 1. The lowest BCUT2D eigenvalue weighted by atomic mass is 10.1. The van der Waals surface area contributed by atoms with Gasteiger partial charge in [-0.05, 0) is 19.1 Å². The summed E-state index contributed by atoms with van der Waals surface area (Å²) in [4.78, 5) is 15.2. The van der Waals surface area contributed by atoms with Crippen LogP contribution in [0.2, 0.25) is 0 Å². The van der Waals surface area contributed by atoms with Gasteiger partial charge >= 0.3 is 0 Å². The van der Waals surface area contributed by atoms with Crippen molar-refractivity contribution in [2.45, 2.75) is 6.92 Å². The summed E-state index contributed by atoms with van der Waals surface area (Å²) in [6, 6.07) is 9.15. The molecule has 3 rings (SSSR count). The highest BCUT2D eigenvalue weighted by Crippen LogP contribution is 2.18. The molecule has 1 amide bonds. The van der Waals surface area contributed by atoms with Crippen molar-refractivity contribution in [2.24, 2.45) is 0 Å². The second kappa shape index (κ2) is 4.03. The zero-order chi connectivity index (χ0) is 12.5. The van der Waals surface area contributed by atoms with Gasteiger partial charge in [0.2, 0.25) is 0 Å². The summed E-state index contributed by atoms with van der Waals surface area (Å²) in [5.41, 5.74) is 1.40. The number of H-pyrrole nitrogens is 1. The predicted octanol–water partition coefficient (Wildman–Crippen LogP) is 2.72. The average Bonchev–Trinajstić information content (AvgIpc) is 2.97. The van der Waals surface area contributed by atoms with Crippen LogP contribution in [0.3, 0.4) is 0 Å². The number of carbonyl (C=O) groups is 1. The second-order valence-electron chi connectivity index (χ2n) is 4.02. The van der Waals surface area contributed by atoms with Crippen molar-refractivity contribution in [1.82, 2.24) is 10.1 Å². The molecular formula is C13H11N3O2. The first-order chi connectivity index (χ1) is 8.74. The molecule has 90 valence electrons. The zero-order valence-electron chi connectivity index (χ0n) is 9.73. The van der Waals surface area contributed by atoms with Gasteiger partial charge in [0.25, 0.3) is 5.91 Å². The summed E-state index contributed by atoms with van der Waals surface area (Å²) in [7, 11) is 0. The van der Waals surface area contributed by atoms with E-state index in [9.17, 15) is 4.79 Å². The molecule has 0 saturated carbocycles. The van der Waals surface area contributed by atoms with E-state index < -0.39 is 0 Å². The normalized spacial score (nSPS) is 10.7. The number of rotatable bonds is 2. The Morgan fingerprint density at radius 2 is 2.28 bits per heavy atom. The minimum atomic E-state index is -0.212. The van der Waals surface area contributed by atoms with Crippen LogP contribution >= 0.6 is 0 Å². The third-order valence-corrected chi connectivity index (χ3v) is 2.70. The lowest BCUT2D eigenvalue weighted by molar-refractivity contribution is 0.102. The maximum Gasteiger partial charge on any atom is 0.259 e. The van der Waals surface area contributed by atoms with Gasteiger partial charge in [0.05, 0.1) is 11.1 Å². The first kappa shape index (κ1) is 10.6. The maximum atomic E-state index is 12.1. The van der Waals surface area contributed by atoms with E-state index in [-0.39, 0.29) is 5.91 Å². The Labute approximate surface area is 103 Å². The largest absolute Gasteiger partial charge is 0.361 e. The first-order valence-corrected chi connectivity index (χ1v) is 5.55. The van der Waals surface area contributed by atoms with Crippen molar-refractivity contribution in [3.63, 3.8) is 0 Å². The quantitative estimate of drug-likeness (QED) is 0.724. The van der Waals surface area contributed by atoms with Crippen molar-refractivity contribution < 1.29 is 9.32 Å². The van der Waals surface area contributed by atoms with Crippen LogP contribution in [-0.4, -0.2) is 16.0 Å². The van der Waals surface area contributed by atoms with E-state index >= 15 is 0 Å². The smallest absolute Gasteiger partial charge is 0.259 e. The molecule has 0 unspecified atom stereocenters. The molecule has 0 aliphatic rings. The van der Waals surface area contributed by atoms with E-state index in [0.29, 0.717) is 17.1 Å². The third kappa shape index (κ3) is 1.75. The van der Waals surface area contributed by atoms with Crippen LogP contribution in [0, 0.1) is 6.92 Å². The number of para-hydroxylation sites is 1. The molecule has 0 atom stereocenters. The molecule has 0 radical (unpaired) electrons. The van der Waals surface area contributed by atoms with E-state index in [1.165, 1.54) is 0 Å². The predicted molar refractivity (Wildman–Crippen MR) is 67.5 cm³/mol. The summed E-state index contributed by atoms with van der Waals surface area (Å²) in [5.74, 6) is 0.862. The summed E-state index contributed by atoms with van der Waals surface area (Å²) in [6.07, 6.45) is 1.81. The van der Waals surface area contributed by atoms with Gasteiger partial charge in [-0.3, -0.25) is 4.79 Å². The number of aromatic nitrogens is 2. The topological polar surface area (TPSA) is 70.9 Å². The van der Waals surface area contributed by atoms with Gasteiger partial charge < -0.3 is 14.8 Å². The molecule has 0 saturated heterocycles. The van der Waals surface area contributed by atoms with Crippen molar-refractivity contribution in [2.75, 3.05) is 5.32 Å². The van der Waals surface area contributed by atoms with Crippen molar-refractivity contribution in [3.8, 4) is 0 Å². The summed E-state index contributed by atoms with van der Waals surface area (Å²) in [5, 5.41) is 7.43. The minimum absolute atomic E-state index is 0.212. The molecule has 2 aromatic heterocycles. The van der Waals surface area contributed by atoms with Crippen LogP contribution in [0.25, 0.3) is 10.9 Å². The van der Waals surface area contributed by atoms with E-state index in [1.54, 1.807) is 19.1 Å². The van der Waals surface area contributed by atoms with Crippen LogP contribution < -0.4 is 5.32 Å². The molecule has 0 aliphatic heterocycles. The molecule has 0 fully saturated rings. The highest BCUT2D eigenvalue weighted by atomic mass is 16.5. The number of anilines is 1. The van der Waals surface area contributed by atoms with E-state index in [2.05, 4.69) is 15.5 Å². The molecule has 0 spiro atoms. The Balaban J connectivity index is 1.94. The fourth-order valence-corrected chi connectivity index (χ4v) is 1.88. The number of nitrogens with zero attached hydrogens (tertiary/aromatic N) is 1. The number of carbonyl (C=O) groups excluding carboxylic acids is 1. The molecular weight excluding hydrogens is 230 g/mol. The highest BCUT2D eigenvalue weighted by Gasteiger charge is 2.12. The summed E-state index contributed by atoms with van der Waals surface area (Å²) >= 11 is 0. The fraction of sp³-hybridized carbons (Fsp3) is 0.0769. The zero-order valence-corrected chi connectivity index (χ0v) is 9.73. The molecule has 0 aliphatic carbocycles. The van der Waals surface area contributed by atoms with Gasteiger partial charge in [0, 0.05) is 17.6 Å². The average molecular weight is 241 g/mol. The number of fused-ring (bicyclic) bond motifs is 1. The van der Waals surface area contributed by atoms with Crippen LogP contribution in [0.1, 0.15) is 16.1 Å². The molecule has 1 aromatic carbocycles. The van der Waals surface area contributed by atoms with Gasteiger partial charge in [-0.25, -0.2) is 0 Å². The van der Waals surface area contributed by atoms with Crippen molar-refractivity contribution >= 4 is 22.6 Å². The molecule has 2 heterocycles. The van der Waals surface area contributed by atoms with Crippen LogP contribution in [0.15, 0.2) is 41.1 Å². The van der Waals surface area contributed by atoms with E-state index in [0.717, 1.165) is 10.9 Å². The SMILES string of the molecule is Cc1cc(NC(=O)c2cccc3cc[nH]c23)no1. The Morgan fingerprint density at radius 1 is 1.39 bits per heavy atom. The fourth-order valence-electron chi connectivity index (χ4n) is 1.88. The Morgan fingerprint density at radius 3 is 3.06 bits per heavy atom. The van der Waals surface area contributed by atoms with Gasteiger partial charge in [0.1, 0.15) is 5.76 Å². The third-order valence-electron chi connectivity index (χ3n) is 2.70. The molecule has 5 nitrogen and oxygen atoms in total. The number of hydrogen-bond acceptors (Lipinski definition) is 3. The van der Waals surface area contributed by atoms with Crippen LogP contribution in [0.5, 0.6) is 0 Å². The Bertz CT molecular complexity index is 712. The molecule has 18 heavy (non-hydrogen) atoms. The lowest BCUT2D eigenvalue weighted by Gasteiger charge is -2.02. The second-order valence-corrected chi connectivity index (χ2v) is 4.02. The van der Waals surface area contributed by atoms with Crippen molar-refractivity contribution in [1.29, 1.82) is 0 Å². The molecule has 5 heteroatoms. The molecule has 0 bridgehead atoms. The van der Waals surface area contributed by atoms with Gasteiger partial charge in [-0.2, -0.15) is 0 Å². The first-order valence-electron chi connectivity index (χ1n) is 5.55. The Kier molecular flexibility index (Phi) is 2.37. The van der Waals surface area contributed by atoms with Gasteiger partial charge in [-0.1, -0.05) is 17.3 Å². The van der Waals surface area contributed by atoms with Gasteiger partial charge in [0.15, 0.2) is 5.82 Å². The van der Waals surface area contributed by atoms with E-state index in [4.69, 9.17) is 4.52 Å².